The van der Waals surface area contributed by atoms with Crippen molar-refractivity contribution in [2.75, 3.05) is 20.3 Å². The lowest BCUT2D eigenvalue weighted by atomic mass is 10.0. The lowest BCUT2D eigenvalue weighted by Crippen LogP contribution is -2.32. The number of rotatable bonds is 11. The minimum absolute atomic E-state index is 0.217. The van der Waals surface area contributed by atoms with Gasteiger partial charge in [-0.1, -0.05) is 43.7 Å². The first kappa shape index (κ1) is 29.1. The van der Waals surface area contributed by atoms with Gasteiger partial charge in [-0.15, -0.1) is 0 Å². The Morgan fingerprint density at radius 2 is 1.88 bits per heavy atom. The van der Waals surface area contributed by atoms with Crippen molar-refractivity contribution in [1.82, 2.24) is 14.9 Å². The van der Waals surface area contributed by atoms with Gasteiger partial charge in [0.2, 0.25) is 0 Å². The number of halogens is 1. The molecule has 9 nitrogen and oxygen atoms in total. The zero-order valence-corrected chi connectivity index (χ0v) is 24.6. The van der Waals surface area contributed by atoms with Gasteiger partial charge >= 0.3 is 11.9 Å². The molecule has 0 spiro atoms. The summed E-state index contributed by atoms with van der Waals surface area (Å²) in [7, 11) is 1.35. The number of ether oxygens (including phenoxy) is 2. The molecule has 0 fully saturated rings. The average molecular weight is 611 g/mol. The van der Waals surface area contributed by atoms with Crippen LogP contribution in [0.15, 0.2) is 51.6 Å². The second kappa shape index (κ2) is 13.0. The van der Waals surface area contributed by atoms with Gasteiger partial charge in [-0.25, -0.2) is 9.78 Å². The standard InChI is InChI=1S/C30H32BrN3O6/c1-5-7-12-24-33-18(3)26(29(36)32-16-25(35)39-6-2)34(24)17-19-13-14-21-23(15-19)28(31)40-27(21)20-10-8-9-11-22(20)30(37)38-4/h8-11,13-15H,5-7,12,16-17H2,1-4H3,(H,32,36). The highest BCUT2D eigenvalue weighted by Crippen LogP contribution is 2.39. The van der Waals surface area contributed by atoms with E-state index in [-0.39, 0.29) is 19.1 Å². The van der Waals surface area contributed by atoms with Gasteiger partial charge in [-0.2, -0.15) is 0 Å². The topological polar surface area (TPSA) is 113 Å². The third-order valence-corrected chi connectivity index (χ3v) is 7.13. The highest BCUT2D eigenvalue weighted by Gasteiger charge is 2.23. The van der Waals surface area contributed by atoms with Gasteiger partial charge in [0.15, 0.2) is 4.67 Å². The molecule has 0 aliphatic heterocycles. The van der Waals surface area contributed by atoms with E-state index in [2.05, 4.69) is 28.2 Å². The van der Waals surface area contributed by atoms with E-state index in [1.54, 1.807) is 26.0 Å². The number of aromatic nitrogens is 2. The normalized spacial score (nSPS) is 11.0. The zero-order chi connectivity index (χ0) is 28.8. The lowest BCUT2D eigenvalue weighted by molar-refractivity contribution is -0.141. The summed E-state index contributed by atoms with van der Waals surface area (Å²) >= 11 is 3.54. The number of carbonyl (C=O) groups is 3. The van der Waals surface area contributed by atoms with Gasteiger partial charge in [0.25, 0.3) is 5.91 Å². The van der Waals surface area contributed by atoms with Crippen LogP contribution in [0.2, 0.25) is 0 Å². The summed E-state index contributed by atoms with van der Waals surface area (Å²) in [5.74, 6) is 0.0330. The Balaban J connectivity index is 1.71. The molecule has 1 N–H and O–H groups in total. The summed E-state index contributed by atoms with van der Waals surface area (Å²) < 4.78 is 18.4. The molecule has 0 saturated heterocycles. The molecular formula is C30H32BrN3O6. The number of amides is 1. The molecule has 2 aromatic heterocycles. The molecule has 0 atom stereocenters. The van der Waals surface area contributed by atoms with Crippen LogP contribution in [0.4, 0.5) is 0 Å². The van der Waals surface area contributed by atoms with Crippen LogP contribution in [0.3, 0.4) is 0 Å². The fourth-order valence-corrected chi connectivity index (χ4v) is 5.15. The molecule has 0 aliphatic rings. The second-order valence-corrected chi connectivity index (χ2v) is 9.98. The number of aryl methyl sites for hydroxylation is 2. The maximum atomic E-state index is 13.2. The summed E-state index contributed by atoms with van der Waals surface area (Å²) in [4.78, 5) is 42.1. The molecule has 10 heteroatoms. The third-order valence-electron chi connectivity index (χ3n) is 6.54. The van der Waals surface area contributed by atoms with Crippen molar-refractivity contribution < 1.29 is 28.3 Å². The molecule has 0 saturated carbocycles. The van der Waals surface area contributed by atoms with Crippen LogP contribution in [0.5, 0.6) is 0 Å². The molecule has 4 rings (SSSR count). The quantitative estimate of drug-likeness (QED) is 0.213. The first-order valence-corrected chi connectivity index (χ1v) is 14.0. The van der Waals surface area contributed by atoms with Crippen molar-refractivity contribution in [1.29, 1.82) is 0 Å². The summed E-state index contributed by atoms with van der Waals surface area (Å²) in [5.41, 5.74) is 2.97. The highest BCUT2D eigenvalue weighted by molar-refractivity contribution is 9.10. The predicted molar refractivity (Wildman–Crippen MR) is 154 cm³/mol. The number of hydrogen-bond acceptors (Lipinski definition) is 7. The van der Waals surface area contributed by atoms with Crippen molar-refractivity contribution in [3.05, 3.63) is 75.5 Å². The summed E-state index contributed by atoms with van der Waals surface area (Å²) in [6.45, 7) is 6.04. The minimum Gasteiger partial charge on any atom is -0.465 e. The number of esters is 2. The molecule has 0 unspecified atom stereocenters. The number of hydrogen-bond donors (Lipinski definition) is 1. The number of unbranched alkanes of at least 4 members (excludes halogenated alkanes) is 1. The fourth-order valence-electron chi connectivity index (χ4n) is 4.66. The van der Waals surface area contributed by atoms with Gasteiger partial charge in [0.1, 0.15) is 23.8 Å². The molecule has 4 aromatic rings. The fraction of sp³-hybridized carbons (Fsp3) is 0.333. The largest absolute Gasteiger partial charge is 0.465 e. The summed E-state index contributed by atoms with van der Waals surface area (Å²) in [6.07, 6.45) is 2.63. The summed E-state index contributed by atoms with van der Waals surface area (Å²) in [6, 6.07) is 13.0. The number of carbonyl (C=O) groups excluding carboxylic acids is 3. The van der Waals surface area contributed by atoms with Gasteiger partial charge in [-0.05, 0) is 53.9 Å². The molecule has 2 heterocycles. The first-order chi connectivity index (χ1) is 19.3. The number of nitrogens with zero attached hydrogens (tertiary/aromatic N) is 2. The molecule has 210 valence electrons. The van der Waals surface area contributed by atoms with E-state index in [4.69, 9.17) is 18.9 Å². The van der Waals surface area contributed by atoms with Gasteiger partial charge < -0.3 is 23.8 Å². The average Bonchev–Trinajstić information content (AvgIpc) is 3.45. The minimum atomic E-state index is -0.495. The van der Waals surface area contributed by atoms with Crippen molar-refractivity contribution in [2.24, 2.45) is 0 Å². The van der Waals surface area contributed by atoms with Crippen LogP contribution in [-0.2, 0) is 27.2 Å². The lowest BCUT2D eigenvalue weighted by Gasteiger charge is -2.13. The smallest absolute Gasteiger partial charge is 0.338 e. The number of fused-ring (bicyclic) bond motifs is 1. The van der Waals surface area contributed by atoms with Crippen LogP contribution in [0, 0.1) is 6.92 Å². The molecule has 1 amide bonds. The molecule has 2 aromatic carbocycles. The first-order valence-electron chi connectivity index (χ1n) is 13.2. The monoisotopic (exact) mass is 609 g/mol. The Morgan fingerprint density at radius 1 is 1.10 bits per heavy atom. The molecular weight excluding hydrogens is 578 g/mol. The van der Waals surface area contributed by atoms with Crippen LogP contribution >= 0.6 is 15.9 Å². The Kier molecular flexibility index (Phi) is 9.42. The zero-order valence-electron chi connectivity index (χ0n) is 23.0. The van der Waals surface area contributed by atoms with Gasteiger partial charge in [0.05, 0.1) is 25.0 Å². The number of benzene rings is 2. The SMILES string of the molecule is CCCCc1nc(C)c(C(=O)NCC(=O)OCC)n1Cc1ccc2c(-c3ccccc3C(=O)OC)oc(Br)c2c1. The summed E-state index contributed by atoms with van der Waals surface area (Å²) in [5, 5.41) is 4.32. The van der Waals surface area contributed by atoms with E-state index >= 15 is 0 Å². The van der Waals surface area contributed by atoms with Crippen LogP contribution < -0.4 is 5.32 Å². The number of methoxy groups -OCH3 is 1. The number of furan rings is 1. The molecule has 0 aliphatic carbocycles. The van der Waals surface area contributed by atoms with E-state index in [0.29, 0.717) is 45.9 Å². The van der Waals surface area contributed by atoms with Crippen molar-refractivity contribution in [3.63, 3.8) is 0 Å². The van der Waals surface area contributed by atoms with Crippen molar-refractivity contribution >= 4 is 44.5 Å². The third kappa shape index (κ3) is 6.12. The van der Waals surface area contributed by atoms with Gasteiger partial charge in [-0.3, -0.25) is 9.59 Å². The molecule has 0 bridgehead atoms. The number of imidazole rings is 1. The van der Waals surface area contributed by atoms with E-state index in [1.165, 1.54) is 7.11 Å². The predicted octanol–water partition coefficient (Wildman–Crippen LogP) is 5.84. The van der Waals surface area contributed by atoms with Crippen LogP contribution in [0.1, 0.15) is 64.6 Å². The van der Waals surface area contributed by atoms with Crippen LogP contribution in [-0.4, -0.2) is 47.7 Å². The maximum Gasteiger partial charge on any atom is 0.338 e. The van der Waals surface area contributed by atoms with E-state index in [9.17, 15) is 14.4 Å². The highest BCUT2D eigenvalue weighted by atomic mass is 79.9. The van der Waals surface area contributed by atoms with E-state index < -0.39 is 11.9 Å². The second-order valence-electron chi connectivity index (χ2n) is 9.26. The van der Waals surface area contributed by atoms with Gasteiger partial charge in [0, 0.05) is 29.3 Å². The van der Waals surface area contributed by atoms with E-state index in [0.717, 1.165) is 35.0 Å². The maximum absolute atomic E-state index is 13.2. The molecule has 40 heavy (non-hydrogen) atoms. The Morgan fingerprint density at radius 3 is 2.60 bits per heavy atom. The Bertz CT molecular complexity index is 1550. The van der Waals surface area contributed by atoms with Crippen molar-refractivity contribution in [3.8, 4) is 11.3 Å². The van der Waals surface area contributed by atoms with E-state index in [1.807, 2.05) is 34.9 Å². The Labute approximate surface area is 241 Å². The van der Waals surface area contributed by atoms with Crippen molar-refractivity contribution in [2.45, 2.75) is 46.6 Å². The molecule has 0 radical (unpaired) electrons. The Hall–Kier alpha value is -3.92. The van der Waals surface area contributed by atoms with Crippen LogP contribution in [0.25, 0.3) is 22.1 Å². The number of nitrogens with one attached hydrogen (secondary N) is 1.